The van der Waals surface area contributed by atoms with Crippen LogP contribution in [0, 0.1) is 6.92 Å². The van der Waals surface area contributed by atoms with Gasteiger partial charge in [-0.2, -0.15) is 0 Å². The van der Waals surface area contributed by atoms with Gasteiger partial charge >= 0.3 is 0 Å². The number of allylic oxidation sites excluding steroid dienone is 1. The number of fused-ring (bicyclic) bond motifs is 1. The van der Waals surface area contributed by atoms with Gasteiger partial charge in [-0.25, -0.2) is 9.97 Å². The highest BCUT2D eigenvalue weighted by Gasteiger charge is 2.32. The number of aromatic nitrogens is 2. The maximum Gasteiger partial charge on any atom is 0.137 e. The van der Waals surface area contributed by atoms with Crippen molar-refractivity contribution in [2.45, 2.75) is 39.3 Å². The van der Waals surface area contributed by atoms with E-state index >= 15 is 0 Å². The van der Waals surface area contributed by atoms with Crippen LogP contribution in [0.5, 0.6) is 0 Å². The SMILES string of the molecule is [B]c1cccc(C)c1C1Cc2nc(CC)nc(N3CCN(C(=C)C=C)CC3)c2CN1C. The quantitative estimate of drug-likeness (QED) is 0.557. The molecule has 5 nitrogen and oxygen atoms in total. The van der Waals surface area contributed by atoms with Gasteiger partial charge in [0.05, 0.1) is 5.69 Å². The Hall–Kier alpha value is -2.60. The lowest BCUT2D eigenvalue weighted by Gasteiger charge is -2.40. The molecule has 2 radical (unpaired) electrons. The fraction of sp³-hybridized carbons (Fsp3) is 0.440. The van der Waals surface area contributed by atoms with E-state index in [2.05, 4.69) is 54.8 Å². The number of anilines is 1. The number of aryl methyl sites for hydroxylation is 2. The molecule has 3 heterocycles. The molecule has 0 amide bonds. The Kier molecular flexibility index (Phi) is 6.19. The van der Waals surface area contributed by atoms with Gasteiger partial charge in [0, 0.05) is 62.9 Å². The van der Waals surface area contributed by atoms with E-state index in [0.29, 0.717) is 0 Å². The molecule has 1 atom stereocenters. The Balaban J connectivity index is 1.66. The predicted octanol–water partition coefficient (Wildman–Crippen LogP) is 2.69. The fourth-order valence-corrected chi connectivity index (χ4v) is 4.83. The minimum Gasteiger partial charge on any atom is -0.368 e. The Morgan fingerprint density at radius 3 is 2.61 bits per heavy atom. The molecule has 1 saturated heterocycles. The lowest BCUT2D eigenvalue weighted by molar-refractivity contribution is 0.214. The molecule has 6 heteroatoms. The highest BCUT2D eigenvalue weighted by molar-refractivity contribution is 6.33. The largest absolute Gasteiger partial charge is 0.368 e. The molecule has 0 N–H and O–H groups in total. The van der Waals surface area contributed by atoms with Crippen molar-refractivity contribution >= 4 is 19.1 Å². The maximum absolute atomic E-state index is 6.40. The molecule has 160 valence electrons. The number of nitrogens with zero attached hydrogens (tertiary/aromatic N) is 5. The van der Waals surface area contributed by atoms with Gasteiger partial charge in [0.2, 0.25) is 0 Å². The first-order valence-corrected chi connectivity index (χ1v) is 11.2. The summed E-state index contributed by atoms with van der Waals surface area (Å²) in [5, 5.41) is 0. The summed E-state index contributed by atoms with van der Waals surface area (Å²) in [5.74, 6) is 2.03. The smallest absolute Gasteiger partial charge is 0.137 e. The molecule has 31 heavy (non-hydrogen) atoms. The summed E-state index contributed by atoms with van der Waals surface area (Å²) in [6.07, 6.45) is 3.53. The number of rotatable bonds is 5. The average Bonchev–Trinajstić information content (AvgIpc) is 2.78. The van der Waals surface area contributed by atoms with Crippen LogP contribution in [-0.4, -0.2) is 60.8 Å². The van der Waals surface area contributed by atoms with Crippen LogP contribution in [0.3, 0.4) is 0 Å². The summed E-state index contributed by atoms with van der Waals surface area (Å²) in [6.45, 7) is 16.8. The Morgan fingerprint density at radius 2 is 1.97 bits per heavy atom. The van der Waals surface area contributed by atoms with Gasteiger partial charge in [-0.1, -0.05) is 43.7 Å². The van der Waals surface area contributed by atoms with Crippen LogP contribution in [0.25, 0.3) is 0 Å². The molecule has 1 unspecified atom stereocenters. The third-order valence-corrected chi connectivity index (χ3v) is 6.67. The Bertz CT molecular complexity index is 973. The van der Waals surface area contributed by atoms with Gasteiger partial charge in [0.15, 0.2) is 0 Å². The Morgan fingerprint density at radius 1 is 1.23 bits per heavy atom. The van der Waals surface area contributed by atoms with Crippen LogP contribution in [0.1, 0.15) is 41.2 Å². The van der Waals surface area contributed by atoms with E-state index in [-0.39, 0.29) is 6.04 Å². The van der Waals surface area contributed by atoms with Crippen molar-refractivity contribution in [1.82, 2.24) is 19.8 Å². The third kappa shape index (κ3) is 4.13. The normalized spacial score (nSPS) is 19.3. The molecule has 0 bridgehead atoms. The van der Waals surface area contributed by atoms with E-state index in [4.69, 9.17) is 17.8 Å². The van der Waals surface area contributed by atoms with E-state index in [0.717, 1.165) is 68.4 Å². The molecule has 1 fully saturated rings. The molecule has 0 aliphatic carbocycles. The first kappa shape index (κ1) is 21.6. The second-order valence-electron chi connectivity index (χ2n) is 8.62. The van der Waals surface area contributed by atoms with Crippen LogP contribution in [0.15, 0.2) is 43.1 Å². The first-order chi connectivity index (χ1) is 14.9. The molecule has 0 saturated carbocycles. The fourth-order valence-electron chi connectivity index (χ4n) is 4.83. The van der Waals surface area contributed by atoms with E-state index in [1.54, 1.807) is 0 Å². The van der Waals surface area contributed by atoms with Crippen molar-refractivity contribution in [3.05, 3.63) is 71.3 Å². The van der Waals surface area contributed by atoms with Crippen LogP contribution in [0.2, 0.25) is 0 Å². The summed E-state index contributed by atoms with van der Waals surface area (Å²) in [4.78, 5) is 17.1. The monoisotopic (exact) mass is 413 g/mol. The highest BCUT2D eigenvalue weighted by atomic mass is 15.3. The minimum absolute atomic E-state index is 0.230. The van der Waals surface area contributed by atoms with Gasteiger partial charge in [-0.3, -0.25) is 4.90 Å². The molecule has 1 aromatic carbocycles. The molecular weight excluding hydrogens is 381 g/mol. The molecule has 2 aliphatic heterocycles. The zero-order chi connectivity index (χ0) is 22.1. The summed E-state index contributed by atoms with van der Waals surface area (Å²) in [7, 11) is 8.58. The highest BCUT2D eigenvalue weighted by Crippen LogP contribution is 2.36. The van der Waals surface area contributed by atoms with E-state index in [9.17, 15) is 0 Å². The molecule has 1 aromatic heterocycles. The van der Waals surface area contributed by atoms with Crippen LogP contribution < -0.4 is 10.4 Å². The summed E-state index contributed by atoms with van der Waals surface area (Å²) >= 11 is 0. The first-order valence-electron chi connectivity index (χ1n) is 11.2. The standard InChI is InChI=1S/C25H32BN5/c1-6-18(4)30-11-13-31(14-12-30)25-19-16-29(5)22(15-21(19)27-23(7-2)28-25)24-17(3)9-8-10-20(24)26/h6,8-10,22H,1,4,7,11-16H2,2-3,5H3. The average molecular weight is 413 g/mol. The summed E-state index contributed by atoms with van der Waals surface area (Å²) < 4.78 is 0. The van der Waals surface area contributed by atoms with Crippen molar-refractivity contribution in [2.24, 2.45) is 0 Å². The molecule has 4 rings (SSSR count). The van der Waals surface area contributed by atoms with Crippen LogP contribution >= 0.6 is 0 Å². The summed E-state index contributed by atoms with van der Waals surface area (Å²) in [6, 6.07) is 6.41. The number of piperazine rings is 1. The third-order valence-electron chi connectivity index (χ3n) is 6.67. The molecule has 2 aliphatic rings. The lowest BCUT2D eigenvalue weighted by Crippen LogP contribution is -2.47. The summed E-state index contributed by atoms with van der Waals surface area (Å²) in [5.41, 5.74) is 6.76. The molecule has 0 spiro atoms. The van der Waals surface area contributed by atoms with E-state index < -0.39 is 0 Å². The van der Waals surface area contributed by atoms with Gasteiger partial charge in [0.25, 0.3) is 0 Å². The maximum atomic E-state index is 6.40. The minimum atomic E-state index is 0.230. The zero-order valence-corrected chi connectivity index (χ0v) is 19.1. The lowest BCUT2D eigenvalue weighted by atomic mass is 9.81. The van der Waals surface area contributed by atoms with E-state index in [1.807, 2.05) is 18.2 Å². The molecule has 2 aromatic rings. The number of hydrogen-bond acceptors (Lipinski definition) is 5. The number of benzene rings is 1. The molecular formula is C25H32BN5. The van der Waals surface area contributed by atoms with Gasteiger partial charge in [-0.05, 0) is 31.2 Å². The van der Waals surface area contributed by atoms with Crippen LogP contribution in [-0.2, 0) is 19.4 Å². The second kappa shape index (κ2) is 8.87. The van der Waals surface area contributed by atoms with Gasteiger partial charge in [-0.15, -0.1) is 0 Å². The van der Waals surface area contributed by atoms with Crippen molar-refractivity contribution in [2.75, 3.05) is 38.1 Å². The van der Waals surface area contributed by atoms with Crippen molar-refractivity contribution in [1.29, 1.82) is 0 Å². The number of likely N-dealkylation sites (N-methyl/N-ethyl adjacent to an activating group) is 1. The Labute approximate surface area is 187 Å². The van der Waals surface area contributed by atoms with Crippen molar-refractivity contribution in [3.8, 4) is 0 Å². The van der Waals surface area contributed by atoms with E-state index in [1.165, 1.54) is 22.4 Å². The van der Waals surface area contributed by atoms with Crippen molar-refractivity contribution in [3.63, 3.8) is 0 Å². The van der Waals surface area contributed by atoms with Gasteiger partial charge < -0.3 is 9.80 Å². The zero-order valence-electron chi connectivity index (χ0n) is 19.1. The predicted molar refractivity (Wildman–Crippen MR) is 129 cm³/mol. The van der Waals surface area contributed by atoms with Crippen LogP contribution in [0.4, 0.5) is 5.82 Å². The second-order valence-corrected chi connectivity index (χ2v) is 8.62. The number of hydrogen-bond donors (Lipinski definition) is 0. The van der Waals surface area contributed by atoms with Gasteiger partial charge in [0.1, 0.15) is 19.5 Å². The topological polar surface area (TPSA) is 35.5 Å². The van der Waals surface area contributed by atoms with Crippen molar-refractivity contribution < 1.29 is 0 Å².